The van der Waals surface area contributed by atoms with Crippen LogP contribution in [0.4, 0.5) is 21.6 Å². The van der Waals surface area contributed by atoms with Crippen LogP contribution >= 0.6 is 15.9 Å². The fourth-order valence-corrected chi connectivity index (χ4v) is 2.10. The summed E-state index contributed by atoms with van der Waals surface area (Å²) >= 11 is 3.14. The molecule has 0 aliphatic rings. The van der Waals surface area contributed by atoms with Crippen molar-refractivity contribution in [2.45, 2.75) is 13.8 Å². The molecule has 1 aromatic heterocycles. The number of nitrogens with zero attached hydrogens (tertiary/aromatic N) is 2. The summed E-state index contributed by atoms with van der Waals surface area (Å²) in [6, 6.07) is 3.06. The van der Waals surface area contributed by atoms with E-state index in [2.05, 4.69) is 31.2 Å². The van der Waals surface area contributed by atoms with Crippen LogP contribution in [0.5, 0.6) is 5.88 Å². The summed E-state index contributed by atoms with van der Waals surface area (Å²) in [5, 5.41) is 2.99. The summed E-state index contributed by atoms with van der Waals surface area (Å²) in [6.45, 7) is 4.14. The number of rotatable bonds is 4. The Morgan fingerprint density at radius 2 is 2.15 bits per heavy atom. The molecule has 20 heavy (non-hydrogen) atoms. The monoisotopic (exact) mass is 340 g/mol. The van der Waals surface area contributed by atoms with E-state index < -0.39 is 0 Å². The zero-order chi connectivity index (χ0) is 14.7. The highest BCUT2D eigenvalue weighted by Crippen LogP contribution is 2.30. The van der Waals surface area contributed by atoms with Crippen LogP contribution in [-0.2, 0) is 0 Å². The Morgan fingerprint density at radius 3 is 2.85 bits per heavy atom. The van der Waals surface area contributed by atoms with Crippen molar-refractivity contribution in [2.24, 2.45) is 0 Å². The summed E-state index contributed by atoms with van der Waals surface area (Å²) in [4.78, 5) is 7.99. The third kappa shape index (κ3) is 2.98. The number of nitrogens with one attached hydrogen (secondary N) is 1. The van der Waals surface area contributed by atoms with Gasteiger partial charge in [0.25, 0.3) is 0 Å². The molecule has 0 aliphatic carbocycles. The minimum Gasteiger partial charge on any atom is -0.476 e. The van der Waals surface area contributed by atoms with Crippen molar-refractivity contribution >= 4 is 33.1 Å². The molecule has 2 aromatic rings. The van der Waals surface area contributed by atoms with Crippen molar-refractivity contribution in [3.05, 3.63) is 34.3 Å². The van der Waals surface area contributed by atoms with Gasteiger partial charge in [0.2, 0.25) is 5.88 Å². The first kappa shape index (κ1) is 14.5. The van der Waals surface area contributed by atoms with Gasteiger partial charge in [-0.15, -0.1) is 0 Å². The first-order valence-corrected chi connectivity index (χ1v) is 6.78. The Kier molecular flexibility index (Phi) is 4.39. The summed E-state index contributed by atoms with van der Waals surface area (Å²) < 4.78 is 19.3. The molecule has 3 N–H and O–H groups in total. The van der Waals surface area contributed by atoms with Gasteiger partial charge in [0.05, 0.1) is 11.1 Å². The lowest BCUT2D eigenvalue weighted by atomic mass is 10.2. The van der Waals surface area contributed by atoms with Crippen molar-refractivity contribution in [3.63, 3.8) is 0 Å². The lowest BCUT2D eigenvalue weighted by Gasteiger charge is -2.13. The zero-order valence-corrected chi connectivity index (χ0v) is 12.7. The Labute approximate surface area is 124 Å². The highest BCUT2D eigenvalue weighted by Gasteiger charge is 2.11. The van der Waals surface area contributed by atoms with Crippen LogP contribution in [0, 0.1) is 12.7 Å². The van der Waals surface area contributed by atoms with Gasteiger partial charge >= 0.3 is 0 Å². The van der Waals surface area contributed by atoms with Gasteiger partial charge in [0, 0.05) is 5.69 Å². The van der Waals surface area contributed by atoms with Crippen LogP contribution in [0.2, 0.25) is 0 Å². The highest BCUT2D eigenvalue weighted by molar-refractivity contribution is 9.10. The zero-order valence-electron chi connectivity index (χ0n) is 11.1. The fourth-order valence-electron chi connectivity index (χ4n) is 1.64. The number of ether oxygens (including phenoxy) is 1. The lowest BCUT2D eigenvalue weighted by Crippen LogP contribution is -2.05. The van der Waals surface area contributed by atoms with E-state index in [0.717, 1.165) is 5.56 Å². The van der Waals surface area contributed by atoms with Crippen molar-refractivity contribution in [1.29, 1.82) is 0 Å². The van der Waals surface area contributed by atoms with Gasteiger partial charge in [-0.3, -0.25) is 0 Å². The molecular weight excluding hydrogens is 327 g/mol. The van der Waals surface area contributed by atoms with Crippen molar-refractivity contribution in [1.82, 2.24) is 9.97 Å². The number of hydrogen-bond donors (Lipinski definition) is 2. The molecule has 0 spiro atoms. The highest BCUT2D eigenvalue weighted by atomic mass is 79.9. The van der Waals surface area contributed by atoms with E-state index in [1.165, 1.54) is 12.4 Å². The van der Waals surface area contributed by atoms with Gasteiger partial charge < -0.3 is 15.8 Å². The van der Waals surface area contributed by atoms with Gasteiger partial charge in [-0.1, -0.05) is 0 Å². The molecule has 0 radical (unpaired) electrons. The van der Waals surface area contributed by atoms with Gasteiger partial charge in [0.15, 0.2) is 5.82 Å². The summed E-state index contributed by atoms with van der Waals surface area (Å²) in [5.74, 6) is 0.323. The predicted octanol–water partition coefficient (Wildman–Crippen LogP) is 3.41. The van der Waals surface area contributed by atoms with Crippen LogP contribution < -0.4 is 15.8 Å². The third-order valence-corrected chi connectivity index (χ3v) is 3.26. The SMILES string of the molecule is CCOc1ncnc(Nc2cc(F)c(Br)cc2C)c1N. The van der Waals surface area contributed by atoms with Crippen LogP contribution in [0.15, 0.2) is 22.9 Å². The van der Waals surface area contributed by atoms with Crippen molar-refractivity contribution in [2.75, 3.05) is 17.7 Å². The smallest absolute Gasteiger partial charge is 0.242 e. The molecule has 1 aromatic carbocycles. The van der Waals surface area contributed by atoms with E-state index >= 15 is 0 Å². The van der Waals surface area contributed by atoms with Crippen molar-refractivity contribution in [3.8, 4) is 5.88 Å². The molecule has 0 saturated heterocycles. The number of aromatic nitrogens is 2. The molecule has 0 atom stereocenters. The Bertz CT molecular complexity index is 636. The number of anilines is 3. The molecule has 106 valence electrons. The molecule has 0 fully saturated rings. The van der Waals surface area contributed by atoms with E-state index in [1.54, 1.807) is 6.07 Å². The standard InChI is InChI=1S/C13H14BrFN4O/c1-3-20-13-11(16)12(17-6-18-13)19-10-5-9(15)8(14)4-7(10)2/h4-6H,3,16H2,1-2H3,(H,17,18,19). The molecule has 0 bridgehead atoms. The average Bonchev–Trinajstić information content (AvgIpc) is 2.40. The van der Waals surface area contributed by atoms with E-state index in [-0.39, 0.29) is 11.5 Å². The largest absolute Gasteiger partial charge is 0.476 e. The van der Waals surface area contributed by atoms with E-state index in [0.29, 0.717) is 28.5 Å². The summed E-state index contributed by atoms with van der Waals surface area (Å²) in [7, 11) is 0. The molecule has 5 nitrogen and oxygen atoms in total. The molecule has 2 rings (SSSR count). The number of hydrogen-bond acceptors (Lipinski definition) is 5. The lowest BCUT2D eigenvalue weighted by molar-refractivity contribution is 0.328. The Morgan fingerprint density at radius 1 is 1.40 bits per heavy atom. The predicted molar refractivity (Wildman–Crippen MR) is 79.7 cm³/mol. The first-order valence-electron chi connectivity index (χ1n) is 5.98. The minimum absolute atomic E-state index is 0.289. The molecule has 0 saturated carbocycles. The number of halogens is 2. The number of nitrogens with two attached hydrogens (primary N) is 1. The maximum Gasteiger partial charge on any atom is 0.242 e. The number of benzene rings is 1. The summed E-state index contributed by atoms with van der Waals surface area (Å²) in [6.07, 6.45) is 1.34. The maximum absolute atomic E-state index is 13.6. The van der Waals surface area contributed by atoms with Crippen molar-refractivity contribution < 1.29 is 9.13 Å². The molecule has 0 amide bonds. The second kappa shape index (κ2) is 6.04. The quantitative estimate of drug-likeness (QED) is 0.892. The van der Waals surface area contributed by atoms with Crippen LogP contribution in [-0.4, -0.2) is 16.6 Å². The minimum atomic E-state index is -0.365. The molecular formula is C13H14BrFN4O. The van der Waals surface area contributed by atoms with Crippen LogP contribution in [0.3, 0.4) is 0 Å². The number of nitrogen functional groups attached to an aromatic ring is 1. The molecule has 0 aliphatic heterocycles. The Balaban J connectivity index is 2.35. The average molecular weight is 341 g/mol. The van der Waals surface area contributed by atoms with Gasteiger partial charge in [-0.05, 0) is 47.5 Å². The van der Waals surface area contributed by atoms with E-state index in [4.69, 9.17) is 10.5 Å². The van der Waals surface area contributed by atoms with Crippen LogP contribution in [0.25, 0.3) is 0 Å². The Hall–Kier alpha value is -1.89. The van der Waals surface area contributed by atoms with Gasteiger partial charge in [0.1, 0.15) is 17.8 Å². The second-order valence-corrected chi connectivity index (χ2v) is 4.93. The van der Waals surface area contributed by atoms with Gasteiger partial charge in [-0.25, -0.2) is 9.37 Å². The van der Waals surface area contributed by atoms with E-state index in [9.17, 15) is 4.39 Å². The molecule has 1 heterocycles. The summed E-state index contributed by atoms with van der Waals surface area (Å²) in [5.41, 5.74) is 7.65. The third-order valence-electron chi connectivity index (χ3n) is 2.65. The number of aryl methyl sites for hydroxylation is 1. The molecule has 7 heteroatoms. The molecule has 0 unspecified atom stereocenters. The fraction of sp³-hybridized carbons (Fsp3) is 0.231. The van der Waals surface area contributed by atoms with Crippen LogP contribution in [0.1, 0.15) is 12.5 Å². The second-order valence-electron chi connectivity index (χ2n) is 4.08. The normalized spacial score (nSPS) is 10.4. The van der Waals surface area contributed by atoms with E-state index in [1.807, 2.05) is 13.8 Å². The first-order chi connectivity index (χ1) is 9.52. The van der Waals surface area contributed by atoms with Gasteiger partial charge in [-0.2, -0.15) is 4.98 Å². The topological polar surface area (TPSA) is 73.1 Å². The maximum atomic E-state index is 13.6.